The molecule has 0 saturated heterocycles. The minimum absolute atomic E-state index is 0.0378. The van der Waals surface area contributed by atoms with Crippen LogP contribution >= 0.6 is 0 Å². The van der Waals surface area contributed by atoms with Crippen LogP contribution in [0.15, 0.2) is 24.3 Å². The Balaban J connectivity index is 2.87. The van der Waals surface area contributed by atoms with Crippen LogP contribution in [0.3, 0.4) is 0 Å². The van der Waals surface area contributed by atoms with Gasteiger partial charge in [0.15, 0.2) is 0 Å². The zero-order valence-electron chi connectivity index (χ0n) is 14.0. The maximum atomic E-state index is 12.0. The third-order valence-corrected chi connectivity index (χ3v) is 3.02. The quantitative estimate of drug-likeness (QED) is 0.523. The van der Waals surface area contributed by atoms with Crippen molar-refractivity contribution in [2.75, 3.05) is 0 Å². The van der Waals surface area contributed by atoms with Crippen molar-refractivity contribution in [3.05, 3.63) is 35.4 Å². The molecule has 0 saturated carbocycles. The largest absolute Gasteiger partial charge is 0.478 e. The molecule has 7 heteroatoms. The average Bonchev–Trinajstić information content (AvgIpc) is 2.35. The zero-order chi connectivity index (χ0) is 17.6. The van der Waals surface area contributed by atoms with Crippen molar-refractivity contribution in [1.82, 2.24) is 5.23 Å². The zero-order valence-corrected chi connectivity index (χ0v) is 14.0. The van der Waals surface area contributed by atoms with Crippen LogP contribution in [0.1, 0.15) is 43.1 Å². The van der Waals surface area contributed by atoms with Crippen molar-refractivity contribution in [1.29, 1.82) is 0 Å². The summed E-state index contributed by atoms with van der Waals surface area (Å²) < 4.78 is 5.29. The Morgan fingerprint density at radius 3 is 2.43 bits per heavy atom. The van der Waals surface area contributed by atoms with Crippen molar-refractivity contribution in [3.63, 3.8) is 0 Å². The molecule has 0 unspecified atom stereocenters. The fourth-order valence-corrected chi connectivity index (χ4v) is 2.29. The topological polar surface area (TPSA) is 95.9 Å². The average molecular weight is 321 g/mol. The van der Waals surface area contributed by atoms with E-state index >= 15 is 0 Å². The van der Waals surface area contributed by atoms with E-state index in [0.717, 1.165) is 0 Å². The van der Waals surface area contributed by atoms with Crippen LogP contribution < -0.4 is 5.23 Å². The number of carbonyl (C=O) groups excluding carboxylic acids is 1. The maximum Gasteiger partial charge on any atom is 0.373 e. The molecule has 0 fully saturated rings. The van der Waals surface area contributed by atoms with Crippen LogP contribution in [-0.2, 0) is 16.0 Å². The maximum absolute atomic E-state index is 12.0. The summed E-state index contributed by atoms with van der Waals surface area (Å²) in [4.78, 5) is 23.3. The number of carboxylic acid groups (broad SMARTS) is 1. The molecular weight excluding hydrogens is 297 g/mol. The van der Waals surface area contributed by atoms with Gasteiger partial charge in [-0.3, -0.25) is 4.79 Å². The van der Waals surface area contributed by atoms with E-state index in [9.17, 15) is 19.7 Å². The van der Waals surface area contributed by atoms with Crippen molar-refractivity contribution < 1.29 is 24.5 Å². The first-order chi connectivity index (χ1) is 10.6. The van der Waals surface area contributed by atoms with Gasteiger partial charge in [-0.05, 0) is 45.6 Å². The van der Waals surface area contributed by atoms with Gasteiger partial charge in [-0.2, -0.15) is 0 Å². The van der Waals surface area contributed by atoms with E-state index in [1.54, 1.807) is 45.8 Å². The van der Waals surface area contributed by atoms with Gasteiger partial charge in [-0.25, -0.2) is 4.79 Å². The molecule has 0 aromatic heterocycles. The minimum atomic E-state index is -1.02. The van der Waals surface area contributed by atoms with Crippen molar-refractivity contribution in [3.8, 4) is 0 Å². The van der Waals surface area contributed by atoms with Gasteiger partial charge in [0.1, 0.15) is 5.60 Å². The second kappa shape index (κ2) is 8.13. The van der Waals surface area contributed by atoms with Gasteiger partial charge >= 0.3 is 19.0 Å². The molecule has 0 aliphatic rings. The predicted molar refractivity (Wildman–Crippen MR) is 88.3 cm³/mol. The number of benzene rings is 1. The number of hydrogen-bond acceptors (Lipinski definition) is 5. The third kappa shape index (κ3) is 7.30. The van der Waals surface area contributed by atoms with Gasteiger partial charge in [-0.1, -0.05) is 18.2 Å². The highest BCUT2D eigenvalue weighted by Gasteiger charge is 2.23. The summed E-state index contributed by atoms with van der Waals surface area (Å²) >= 11 is 0. The molecule has 1 atom stereocenters. The van der Waals surface area contributed by atoms with Crippen molar-refractivity contribution in [2.45, 2.75) is 52.1 Å². The number of nitrogens with one attached hydrogen (secondary N) is 1. The first-order valence-corrected chi connectivity index (χ1v) is 7.55. The van der Waals surface area contributed by atoms with E-state index in [1.807, 2.05) is 0 Å². The number of esters is 1. The molecule has 23 heavy (non-hydrogen) atoms. The SMILES string of the molecule is CB(O)N[C@@H](CC(=O)OC(C)(C)C)Cc1ccccc1C(=O)O. The number of carboxylic acids is 1. The standard InChI is InChI=1S/C16H24BNO5/c1-16(2,3)23-14(19)10-12(18-17(4)22)9-11-7-5-6-8-13(11)15(20)21/h5-8,12,18,22H,9-10H2,1-4H3,(H,20,21)/t12-/m1/s1. The molecule has 0 amide bonds. The first kappa shape index (κ1) is 19.2. The highest BCUT2D eigenvalue weighted by molar-refractivity contribution is 6.45. The van der Waals surface area contributed by atoms with E-state index < -0.39 is 30.6 Å². The van der Waals surface area contributed by atoms with Gasteiger partial charge < -0.3 is 20.1 Å². The lowest BCUT2D eigenvalue weighted by Gasteiger charge is -2.23. The summed E-state index contributed by atoms with van der Waals surface area (Å²) in [6.45, 7) is 6.89. The minimum Gasteiger partial charge on any atom is -0.478 e. The van der Waals surface area contributed by atoms with Crippen molar-refractivity contribution >= 4 is 19.0 Å². The normalized spacial score (nSPS) is 12.6. The number of rotatable bonds is 7. The smallest absolute Gasteiger partial charge is 0.373 e. The Hall–Kier alpha value is -1.86. The molecule has 1 rings (SSSR count). The van der Waals surface area contributed by atoms with E-state index in [0.29, 0.717) is 12.0 Å². The van der Waals surface area contributed by atoms with Crippen LogP contribution in [-0.4, -0.2) is 40.8 Å². The first-order valence-electron chi connectivity index (χ1n) is 7.55. The van der Waals surface area contributed by atoms with E-state index in [2.05, 4.69) is 5.23 Å². The lowest BCUT2D eigenvalue weighted by atomic mass is 9.85. The Kier molecular flexibility index (Phi) is 6.78. The van der Waals surface area contributed by atoms with Crippen LogP contribution in [0.4, 0.5) is 0 Å². The molecule has 0 bridgehead atoms. The van der Waals surface area contributed by atoms with Crippen LogP contribution in [0.25, 0.3) is 0 Å². The van der Waals surface area contributed by atoms with Gasteiger partial charge in [0.2, 0.25) is 0 Å². The molecule has 1 aromatic carbocycles. The van der Waals surface area contributed by atoms with Gasteiger partial charge in [-0.15, -0.1) is 0 Å². The Morgan fingerprint density at radius 1 is 1.30 bits per heavy atom. The van der Waals surface area contributed by atoms with Crippen LogP contribution in [0.2, 0.25) is 6.82 Å². The van der Waals surface area contributed by atoms with Gasteiger partial charge in [0.25, 0.3) is 0 Å². The second-order valence-corrected chi connectivity index (χ2v) is 6.50. The summed E-state index contributed by atoms with van der Waals surface area (Å²) in [5.41, 5.74) is 0.196. The van der Waals surface area contributed by atoms with Crippen LogP contribution in [0, 0.1) is 0 Å². The van der Waals surface area contributed by atoms with Gasteiger partial charge in [0.05, 0.1) is 12.0 Å². The molecule has 3 N–H and O–H groups in total. The summed E-state index contributed by atoms with van der Waals surface area (Å²) in [5.74, 6) is -1.42. The summed E-state index contributed by atoms with van der Waals surface area (Å²) in [6, 6.07) is 6.19. The second-order valence-electron chi connectivity index (χ2n) is 6.50. The number of aromatic carboxylic acids is 1. The summed E-state index contributed by atoms with van der Waals surface area (Å²) in [7, 11) is -0.820. The molecular formula is C16H24BNO5. The lowest BCUT2D eigenvalue weighted by Crippen LogP contribution is -2.43. The summed E-state index contributed by atoms with van der Waals surface area (Å²) in [6.07, 6.45) is 0.336. The van der Waals surface area contributed by atoms with E-state index in [4.69, 9.17) is 4.74 Å². The molecule has 0 aliphatic carbocycles. The number of hydrogen-bond donors (Lipinski definition) is 3. The Morgan fingerprint density at radius 2 is 1.91 bits per heavy atom. The molecule has 6 nitrogen and oxygen atoms in total. The number of ether oxygens (including phenoxy) is 1. The van der Waals surface area contributed by atoms with E-state index in [1.165, 1.54) is 6.07 Å². The molecule has 0 spiro atoms. The molecule has 0 radical (unpaired) electrons. The Bertz CT molecular complexity index is 554. The molecule has 1 aromatic rings. The fourth-order valence-electron chi connectivity index (χ4n) is 2.29. The predicted octanol–water partition coefficient (Wildman–Crippen LogP) is 1.73. The van der Waals surface area contributed by atoms with E-state index in [-0.39, 0.29) is 12.0 Å². The lowest BCUT2D eigenvalue weighted by molar-refractivity contribution is -0.155. The third-order valence-electron chi connectivity index (χ3n) is 3.02. The summed E-state index contributed by atoms with van der Waals surface area (Å²) in [5, 5.41) is 21.7. The highest BCUT2D eigenvalue weighted by Crippen LogP contribution is 2.15. The molecule has 126 valence electrons. The Labute approximate surface area is 137 Å². The highest BCUT2D eigenvalue weighted by atomic mass is 16.6. The molecule has 0 aliphatic heterocycles. The fraction of sp³-hybridized carbons (Fsp3) is 0.500. The van der Waals surface area contributed by atoms with Gasteiger partial charge in [0, 0.05) is 6.04 Å². The number of carbonyl (C=O) groups is 2. The molecule has 0 heterocycles. The van der Waals surface area contributed by atoms with Crippen LogP contribution in [0.5, 0.6) is 0 Å². The monoisotopic (exact) mass is 321 g/mol. The van der Waals surface area contributed by atoms with Crippen molar-refractivity contribution in [2.24, 2.45) is 0 Å².